The second kappa shape index (κ2) is 27.2. The molecule has 2 aliphatic carbocycles. The van der Waals surface area contributed by atoms with Crippen molar-refractivity contribution in [2.24, 2.45) is 14.1 Å². The standard InChI is InChI=1S/2C34H30ClF3N8O4S/c2*1-17-24(38)8-6-22-30(17)40-33(46(34(22)48)27-9-7-23(35)29-31(27)44(2)42-32(29)43-51(3,49)50)26(14-18-12-20(36)15-21(37)13-18)39-28(47)16-45-11-10-25(41-45)19-4-5-19/h2*6-13,15,19,26H,4-5,14,16H2,1-3H3,(H,39,47)(H,42,43)/t2*26-/m00/s1. The van der Waals surface area contributed by atoms with Crippen molar-refractivity contribution in [2.45, 2.75) is 89.4 Å². The number of nitrogens with zero attached hydrogens (tertiary/aromatic N) is 12. The van der Waals surface area contributed by atoms with Crippen LogP contribution in [-0.2, 0) is 69.7 Å². The lowest BCUT2D eigenvalue weighted by atomic mass is 10.0. The highest BCUT2D eigenvalue weighted by Gasteiger charge is 2.33. The van der Waals surface area contributed by atoms with E-state index in [9.17, 15) is 62.4 Å². The van der Waals surface area contributed by atoms with Crippen LogP contribution >= 0.6 is 23.2 Å². The van der Waals surface area contributed by atoms with Crippen molar-refractivity contribution >= 4 is 110 Å². The fourth-order valence-electron chi connectivity index (χ4n) is 12.5. The average molecular weight is 1480 g/mol. The summed E-state index contributed by atoms with van der Waals surface area (Å²) in [6, 6.07) is 17.7. The van der Waals surface area contributed by atoms with Crippen LogP contribution in [0.3, 0.4) is 0 Å². The van der Waals surface area contributed by atoms with E-state index in [1.165, 1.54) is 92.2 Å². The summed E-state index contributed by atoms with van der Waals surface area (Å²) in [4.78, 5) is 66.1. The summed E-state index contributed by atoms with van der Waals surface area (Å²) in [6.45, 7) is 2.46. The minimum atomic E-state index is -3.81. The Kier molecular flexibility index (Phi) is 18.6. The van der Waals surface area contributed by atoms with Crippen LogP contribution in [0.15, 0.2) is 119 Å². The van der Waals surface area contributed by atoms with Crippen molar-refractivity contribution < 1.29 is 52.8 Å². The highest BCUT2D eigenvalue weighted by atomic mass is 35.5. The first-order valence-electron chi connectivity index (χ1n) is 31.6. The molecule has 0 radical (unpaired) electrons. The van der Waals surface area contributed by atoms with Gasteiger partial charge in [0.25, 0.3) is 11.1 Å². The van der Waals surface area contributed by atoms with Crippen molar-refractivity contribution in [1.82, 2.24) is 68.9 Å². The Bertz CT molecular complexity index is 5440. The molecule has 12 aromatic rings. The van der Waals surface area contributed by atoms with E-state index in [0.29, 0.717) is 24.0 Å². The average Bonchev–Trinajstić information content (AvgIpc) is 1.35. The van der Waals surface area contributed by atoms with E-state index < -0.39 is 90.0 Å². The van der Waals surface area contributed by atoms with Gasteiger partial charge in [-0.25, -0.2) is 53.1 Å². The zero-order valence-electron chi connectivity index (χ0n) is 54.8. The zero-order chi connectivity index (χ0) is 72.7. The molecule has 34 heteroatoms. The molecule has 2 atom stereocenters. The van der Waals surface area contributed by atoms with Crippen molar-refractivity contribution in [3.8, 4) is 11.4 Å². The van der Waals surface area contributed by atoms with E-state index >= 15 is 0 Å². The van der Waals surface area contributed by atoms with E-state index in [4.69, 9.17) is 33.2 Å². The third kappa shape index (κ3) is 14.6. The van der Waals surface area contributed by atoms with Gasteiger partial charge in [-0.1, -0.05) is 23.2 Å². The Balaban J connectivity index is 0.000000182. The Morgan fingerprint density at radius 1 is 0.529 bits per heavy atom. The number of amides is 2. The topological polar surface area (TPSA) is 292 Å². The third-order valence-corrected chi connectivity index (χ3v) is 19.1. The van der Waals surface area contributed by atoms with Crippen LogP contribution in [-0.4, -0.2) is 99.4 Å². The lowest BCUT2D eigenvalue weighted by molar-refractivity contribution is -0.123. The minimum absolute atomic E-state index is 0.00622. The van der Waals surface area contributed by atoms with Crippen LogP contribution in [0.1, 0.15) is 94.9 Å². The van der Waals surface area contributed by atoms with E-state index in [0.717, 1.165) is 86.0 Å². The smallest absolute Gasteiger partial charge is 0.266 e. The molecular formula is C68H60Cl2F6N16O8S2. The van der Waals surface area contributed by atoms with Gasteiger partial charge in [0.05, 0.1) is 101 Å². The SMILES string of the molecule is Cc1c(F)ccc2c(=O)n(-c3ccc(Cl)c4c(NS(C)(=O)=O)nn(C)c34)c([C@H](Cc3cc(F)cc(F)c3)NC(=O)Cn3ccc(C4CC4)n3)nc12.Cc1c(F)ccc2c(=O)n(-c3ccc(Cl)c4c(NS(C)(=O)=O)nn(C)c34)c([C@H](Cc3cc(F)cc(F)c3)NC(=O)Cn3ccc(C4CC4)n3)nc12. The van der Waals surface area contributed by atoms with E-state index in [-0.39, 0.29) is 137 Å². The first-order valence-corrected chi connectivity index (χ1v) is 36.1. The fourth-order valence-corrected chi connectivity index (χ4v) is 14.0. The predicted octanol–water partition coefficient (Wildman–Crippen LogP) is 10.4. The van der Waals surface area contributed by atoms with E-state index in [1.807, 2.05) is 12.1 Å². The molecule has 14 rings (SSSR count). The molecule has 6 aromatic heterocycles. The molecule has 2 amide bonds. The van der Waals surface area contributed by atoms with Crippen molar-refractivity contribution in [1.29, 1.82) is 0 Å². The number of halogens is 8. The number of fused-ring (bicyclic) bond motifs is 4. The van der Waals surface area contributed by atoms with Crippen LogP contribution in [0.2, 0.25) is 10.0 Å². The van der Waals surface area contributed by atoms with E-state index in [1.54, 1.807) is 12.4 Å². The maximum atomic E-state index is 14.9. The van der Waals surface area contributed by atoms with Gasteiger partial charge in [0.1, 0.15) is 59.6 Å². The van der Waals surface area contributed by atoms with E-state index in [2.05, 4.69) is 40.5 Å². The lowest BCUT2D eigenvalue weighted by Crippen LogP contribution is -2.37. The molecule has 4 N–H and O–H groups in total. The zero-order valence-corrected chi connectivity index (χ0v) is 58.0. The van der Waals surface area contributed by atoms with Crippen molar-refractivity contribution in [3.63, 3.8) is 0 Å². The minimum Gasteiger partial charge on any atom is -0.344 e. The number of sulfonamides is 2. The Hall–Kier alpha value is -10.4. The molecular weight excluding hydrogens is 1420 g/mol. The monoisotopic (exact) mass is 1480 g/mol. The summed E-state index contributed by atoms with van der Waals surface area (Å²) < 4.78 is 149. The molecule has 0 saturated heterocycles. The predicted molar refractivity (Wildman–Crippen MR) is 370 cm³/mol. The molecule has 0 unspecified atom stereocenters. The molecule has 24 nitrogen and oxygen atoms in total. The van der Waals surface area contributed by atoms with Gasteiger partial charge in [0.2, 0.25) is 31.9 Å². The number of aryl methyl sites for hydroxylation is 4. The number of nitrogens with one attached hydrogen (secondary N) is 4. The highest BCUT2D eigenvalue weighted by Crippen LogP contribution is 2.41. The van der Waals surface area contributed by atoms with Crippen molar-refractivity contribution in [2.75, 3.05) is 22.0 Å². The third-order valence-electron chi connectivity index (χ3n) is 17.3. The van der Waals surface area contributed by atoms with Crippen molar-refractivity contribution in [3.05, 3.63) is 220 Å². The maximum Gasteiger partial charge on any atom is 0.266 e. The summed E-state index contributed by atoms with van der Waals surface area (Å²) in [7, 11) is -4.60. The number of hydrogen-bond acceptors (Lipinski definition) is 14. The lowest BCUT2D eigenvalue weighted by Gasteiger charge is -2.24. The number of carbonyl (C=O) groups is 2. The first-order chi connectivity index (χ1) is 48.3. The Labute approximate surface area is 586 Å². The van der Waals surface area contributed by atoms with Gasteiger partial charge in [-0.15, -0.1) is 0 Å². The molecule has 6 heterocycles. The molecule has 0 aliphatic heterocycles. The van der Waals surface area contributed by atoms with Gasteiger partial charge in [-0.3, -0.25) is 56.5 Å². The quantitative estimate of drug-likeness (QED) is 0.0516. The summed E-state index contributed by atoms with van der Waals surface area (Å²) in [5.41, 5.74) is 1.46. The van der Waals surface area contributed by atoms with Gasteiger partial charge < -0.3 is 10.6 Å². The van der Waals surface area contributed by atoms with Crippen LogP contribution < -0.4 is 31.2 Å². The van der Waals surface area contributed by atoms with Gasteiger partial charge >= 0.3 is 0 Å². The normalized spacial score (nSPS) is 13.9. The molecule has 2 aliphatic rings. The summed E-state index contributed by atoms with van der Waals surface area (Å²) in [6.07, 6.45) is 8.81. The molecule has 6 aromatic carbocycles. The fraction of sp³-hybridized carbons (Fsp3) is 0.265. The Morgan fingerprint density at radius 2 is 0.892 bits per heavy atom. The Morgan fingerprint density at radius 3 is 1.24 bits per heavy atom. The number of aromatic nitrogens is 12. The molecule has 0 spiro atoms. The second-order valence-electron chi connectivity index (χ2n) is 25.3. The number of carbonyl (C=O) groups excluding carboxylic acids is 2. The van der Waals surface area contributed by atoms with Gasteiger partial charge in [0.15, 0.2) is 11.6 Å². The molecule has 2 fully saturated rings. The van der Waals surface area contributed by atoms with Gasteiger partial charge in [-0.05, 0) is 136 Å². The van der Waals surface area contributed by atoms with Crippen LogP contribution in [0, 0.1) is 48.8 Å². The maximum absolute atomic E-state index is 14.9. The number of hydrogen-bond donors (Lipinski definition) is 4. The number of rotatable bonds is 20. The number of benzene rings is 6. The molecule has 0 bridgehead atoms. The van der Waals surface area contributed by atoms with Crippen LogP contribution in [0.25, 0.3) is 55.0 Å². The van der Waals surface area contributed by atoms with Gasteiger partial charge in [0, 0.05) is 74.4 Å². The van der Waals surface area contributed by atoms with Gasteiger partial charge in [-0.2, -0.15) is 20.4 Å². The highest BCUT2D eigenvalue weighted by molar-refractivity contribution is 7.92. The van der Waals surface area contributed by atoms with Crippen LogP contribution in [0.5, 0.6) is 0 Å². The summed E-state index contributed by atoms with van der Waals surface area (Å²) in [5, 5.41) is 23.9. The second-order valence-corrected chi connectivity index (χ2v) is 29.6. The summed E-state index contributed by atoms with van der Waals surface area (Å²) >= 11 is 13.2. The first kappa shape index (κ1) is 70.0. The van der Waals surface area contributed by atoms with Crippen LogP contribution in [0.4, 0.5) is 38.0 Å². The summed E-state index contributed by atoms with van der Waals surface area (Å²) in [5.74, 6) is -5.54. The molecule has 2 saturated carbocycles. The largest absolute Gasteiger partial charge is 0.344 e. The number of anilines is 2. The molecule has 528 valence electrons. The molecule has 102 heavy (non-hydrogen) atoms.